The van der Waals surface area contributed by atoms with E-state index < -0.39 is 50.9 Å². The van der Waals surface area contributed by atoms with Crippen LogP contribution in [0.2, 0.25) is 0 Å². The highest BCUT2D eigenvalue weighted by Crippen LogP contribution is 2.35. The van der Waals surface area contributed by atoms with Crippen LogP contribution in [0.15, 0.2) is 100 Å². The van der Waals surface area contributed by atoms with Gasteiger partial charge in [-0.3, -0.25) is 9.44 Å². The van der Waals surface area contributed by atoms with Gasteiger partial charge in [-0.15, -0.1) is 0 Å². The summed E-state index contributed by atoms with van der Waals surface area (Å²) in [6, 6.07) is 12.5. The number of imidazole rings is 1. The van der Waals surface area contributed by atoms with Gasteiger partial charge in [0.2, 0.25) is 0 Å². The third kappa shape index (κ3) is 5.75. The van der Waals surface area contributed by atoms with E-state index in [1.807, 2.05) is 0 Å². The van der Waals surface area contributed by atoms with Crippen LogP contribution in [0.4, 0.5) is 24.5 Å². The minimum atomic E-state index is -5.88. The van der Waals surface area contributed by atoms with Crippen LogP contribution in [0.25, 0.3) is 5.69 Å². The van der Waals surface area contributed by atoms with Crippen molar-refractivity contribution in [1.82, 2.24) is 9.55 Å². The van der Waals surface area contributed by atoms with Gasteiger partial charge in [-0.25, -0.2) is 30.2 Å². The van der Waals surface area contributed by atoms with E-state index in [9.17, 15) is 38.4 Å². The summed E-state index contributed by atoms with van der Waals surface area (Å²) in [5, 5.41) is 0. The molecule has 0 aliphatic rings. The molecule has 0 saturated heterocycles. The number of rotatable bonds is 9. The SMILES string of the molecule is COc1ccc(S(=O)(=O)C(F)(F)F)cc1S(=O)(=O)Nc1ccccc1NS(=O)(=O)c1ccc(-n2ccnc2)cc1. The third-order valence-electron chi connectivity index (χ3n) is 5.40. The average molecular weight is 617 g/mol. The number of methoxy groups -OCH3 is 1. The number of anilines is 2. The van der Waals surface area contributed by atoms with E-state index in [0.717, 1.165) is 13.2 Å². The Balaban J connectivity index is 1.67. The molecule has 1 heterocycles. The minimum absolute atomic E-state index is 0.152. The van der Waals surface area contributed by atoms with Crippen LogP contribution in [0.3, 0.4) is 0 Å². The van der Waals surface area contributed by atoms with Crippen molar-refractivity contribution in [3.05, 3.63) is 85.5 Å². The van der Waals surface area contributed by atoms with Crippen molar-refractivity contribution >= 4 is 41.3 Å². The molecule has 0 radical (unpaired) electrons. The van der Waals surface area contributed by atoms with Gasteiger partial charge in [0, 0.05) is 18.1 Å². The lowest BCUT2D eigenvalue weighted by Crippen LogP contribution is -2.24. The predicted molar refractivity (Wildman–Crippen MR) is 138 cm³/mol. The fourth-order valence-electron chi connectivity index (χ4n) is 3.44. The second-order valence-corrected chi connectivity index (χ2v) is 13.3. The van der Waals surface area contributed by atoms with E-state index in [0.29, 0.717) is 17.8 Å². The predicted octanol–water partition coefficient (Wildman–Crippen LogP) is 3.78. The first-order valence-electron chi connectivity index (χ1n) is 10.9. The molecule has 2 N–H and O–H groups in total. The number of benzene rings is 3. The zero-order valence-electron chi connectivity index (χ0n) is 20.2. The molecule has 0 aliphatic heterocycles. The molecule has 0 amide bonds. The molecular formula is C23H19F3N4O7S3. The lowest BCUT2D eigenvalue weighted by Gasteiger charge is -2.17. The Hall–Kier alpha value is -4.09. The van der Waals surface area contributed by atoms with Gasteiger partial charge in [0.1, 0.15) is 10.6 Å². The zero-order chi connectivity index (χ0) is 29.3. The smallest absolute Gasteiger partial charge is 0.495 e. The van der Waals surface area contributed by atoms with Gasteiger partial charge in [0.05, 0.1) is 34.6 Å². The van der Waals surface area contributed by atoms with E-state index in [-0.39, 0.29) is 16.3 Å². The summed E-state index contributed by atoms with van der Waals surface area (Å²) in [5.74, 6) is -0.454. The van der Waals surface area contributed by atoms with Crippen LogP contribution in [-0.4, -0.2) is 47.4 Å². The maximum absolute atomic E-state index is 13.2. The second-order valence-electron chi connectivity index (χ2n) is 7.98. The van der Waals surface area contributed by atoms with Gasteiger partial charge >= 0.3 is 5.51 Å². The fourth-order valence-corrected chi connectivity index (χ4v) is 6.66. The Kier molecular flexibility index (Phi) is 7.57. The first kappa shape index (κ1) is 28.9. The van der Waals surface area contributed by atoms with Crippen molar-refractivity contribution < 1.29 is 43.2 Å². The summed E-state index contributed by atoms with van der Waals surface area (Å²) >= 11 is 0. The lowest BCUT2D eigenvalue weighted by molar-refractivity contribution is -0.0436. The van der Waals surface area contributed by atoms with Crippen molar-refractivity contribution in [3.8, 4) is 11.4 Å². The van der Waals surface area contributed by atoms with Crippen LogP contribution in [0, 0.1) is 0 Å². The number of halogens is 3. The van der Waals surface area contributed by atoms with Crippen LogP contribution in [0.1, 0.15) is 0 Å². The molecule has 212 valence electrons. The van der Waals surface area contributed by atoms with Crippen LogP contribution < -0.4 is 14.2 Å². The Morgan fingerprint density at radius 3 is 1.90 bits per heavy atom. The topological polar surface area (TPSA) is 154 Å². The van der Waals surface area contributed by atoms with Crippen molar-refractivity contribution in [2.45, 2.75) is 20.2 Å². The number of aromatic nitrogens is 2. The van der Waals surface area contributed by atoms with E-state index in [1.54, 1.807) is 17.0 Å². The highest BCUT2D eigenvalue weighted by Gasteiger charge is 2.47. The molecule has 40 heavy (non-hydrogen) atoms. The van der Waals surface area contributed by atoms with Gasteiger partial charge in [0.25, 0.3) is 29.9 Å². The number of sulfone groups is 1. The number of hydrogen-bond donors (Lipinski definition) is 2. The van der Waals surface area contributed by atoms with Crippen molar-refractivity contribution in [2.24, 2.45) is 0 Å². The van der Waals surface area contributed by atoms with Crippen molar-refractivity contribution in [1.29, 1.82) is 0 Å². The average Bonchev–Trinajstić information content (AvgIpc) is 3.44. The monoisotopic (exact) mass is 616 g/mol. The van der Waals surface area contributed by atoms with Crippen LogP contribution >= 0.6 is 0 Å². The van der Waals surface area contributed by atoms with Gasteiger partial charge in [-0.1, -0.05) is 12.1 Å². The number of ether oxygens (including phenoxy) is 1. The van der Waals surface area contributed by atoms with Gasteiger partial charge in [-0.05, 0) is 54.6 Å². The highest BCUT2D eigenvalue weighted by molar-refractivity contribution is 7.93. The lowest BCUT2D eigenvalue weighted by atomic mass is 10.3. The summed E-state index contributed by atoms with van der Waals surface area (Å²) in [5.41, 5.74) is -5.57. The van der Waals surface area contributed by atoms with Gasteiger partial charge < -0.3 is 9.30 Å². The largest absolute Gasteiger partial charge is 0.501 e. The summed E-state index contributed by atoms with van der Waals surface area (Å²) in [7, 11) is -13.9. The van der Waals surface area contributed by atoms with Crippen molar-refractivity contribution in [3.63, 3.8) is 0 Å². The van der Waals surface area contributed by atoms with E-state index in [4.69, 9.17) is 4.74 Å². The fraction of sp³-hybridized carbons (Fsp3) is 0.0870. The molecule has 0 spiro atoms. The summed E-state index contributed by atoms with van der Waals surface area (Å²) in [4.78, 5) is 1.51. The normalized spacial score (nSPS) is 12.6. The molecule has 4 aromatic rings. The first-order chi connectivity index (χ1) is 18.7. The molecule has 17 heteroatoms. The molecule has 11 nitrogen and oxygen atoms in total. The van der Waals surface area contributed by atoms with E-state index in [2.05, 4.69) is 14.4 Å². The number of hydrogen-bond acceptors (Lipinski definition) is 8. The highest BCUT2D eigenvalue weighted by atomic mass is 32.2. The minimum Gasteiger partial charge on any atom is -0.495 e. The Morgan fingerprint density at radius 1 is 0.800 bits per heavy atom. The molecule has 4 rings (SSSR count). The molecular weight excluding hydrogens is 597 g/mol. The maximum atomic E-state index is 13.2. The van der Waals surface area contributed by atoms with Gasteiger partial charge in [0.15, 0.2) is 0 Å². The Bertz CT molecular complexity index is 1860. The number of alkyl halides is 3. The third-order valence-corrected chi connectivity index (χ3v) is 9.66. The Morgan fingerprint density at radius 2 is 1.38 bits per heavy atom. The molecule has 3 aromatic carbocycles. The van der Waals surface area contributed by atoms with Crippen molar-refractivity contribution in [2.75, 3.05) is 16.6 Å². The van der Waals surface area contributed by atoms with Crippen LogP contribution in [-0.2, 0) is 29.9 Å². The molecule has 1 aromatic heterocycles. The number of nitrogens with one attached hydrogen (secondary N) is 2. The van der Waals surface area contributed by atoms with E-state index in [1.165, 1.54) is 54.9 Å². The standard InChI is InChI=1S/C23H19F3N4O7S3/c1-37-21-11-10-18(38(31,32)23(24,25)26)14-22(21)40(35,36)29-20-5-3-2-4-19(20)28-39(33,34)17-8-6-16(7-9-17)30-13-12-27-15-30/h2-15,28-29H,1H3. The first-order valence-corrected chi connectivity index (χ1v) is 15.3. The summed E-state index contributed by atoms with van der Waals surface area (Å²) < 4.78 is 126. The zero-order valence-corrected chi connectivity index (χ0v) is 22.6. The second kappa shape index (κ2) is 10.5. The molecule has 0 saturated carbocycles. The van der Waals surface area contributed by atoms with Crippen LogP contribution in [0.5, 0.6) is 5.75 Å². The quantitative estimate of drug-likeness (QED) is 0.288. The summed E-state index contributed by atoms with van der Waals surface area (Å²) in [6.07, 6.45) is 4.73. The molecule has 0 fully saturated rings. The maximum Gasteiger partial charge on any atom is 0.501 e. The van der Waals surface area contributed by atoms with Gasteiger partial charge in [-0.2, -0.15) is 13.2 Å². The number of nitrogens with zero attached hydrogens (tertiary/aromatic N) is 2. The van der Waals surface area contributed by atoms with E-state index >= 15 is 0 Å². The molecule has 0 aliphatic carbocycles. The molecule has 0 atom stereocenters. The number of para-hydroxylation sites is 2. The summed E-state index contributed by atoms with van der Waals surface area (Å²) in [6.45, 7) is 0. The molecule has 0 bridgehead atoms. The Labute approximate surface area is 227 Å². The molecule has 0 unspecified atom stereocenters. The number of sulfonamides is 2.